The molecule has 0 saturated heterocycles. The van der Waals surface area contributed by atoms with E-state index in [9.17, 15) is 17.6 Å². The van der Waals surface area contributed by atoms with Gasteiger partial charge in [0.1, 0.15) is 11.4 Å². The van der Waals surface area contributed by atoms with E-state index in [0.29, 0.717) is 0 Å². The number of carboxylic acids is 1. The third-order valence-electron chi connectivity index (χ3n) is 1.75. The van der Waals surface area contributed by atoms with Gasteiger partial charge in [0.25, 0.3) is 0 Å². The number of carbonyl (C=O) groups is 1. The summed E-state index contributed by atoms with van der Waals surface area (Å²) >= 11 is 0. The van der Waals surface area contributed by atoms with Crippen molar-refractivity contribution in [2.45, 2.75) is 0 Å². The fraction of sp³-hybridized carbons (Fsp3) is 0.111. The average molecular weight is 258 g/mol. The van der Waals surface area contributed by atoms with Gasteiger partial charge in [0.05, 0.1) is 11.8 Å². The Kier molecular flexibility index (Phi) is 3.65. The third kappa shape index (κ3) is 3.15. The summed E-state index contributed by atoms with van der Waals surface area (Å²) in [5.74, 6) is -3.50. The topological polar surface area (TPSA) is 107 Å². The first-order chi connectivity index (χ1) is 7.87. The van der Waals surface area contributed by atoms with E-state index in [1.807, 2.05) is 4.72 Å². The number of nitrogens with one attached hydrogen (secondary N) is 1. The van der Waals surface area contributed by atoms with Crippen molar-refractivity contribution in [3.05, 3.63) is 29.6 Å². The van der Waals surface area contributed by atoms with E-state index in [2.05, 4.69) is 0 Å². The number of carboxylic acid groups (broad SMARTS) is 1. The second-order valence-corrected chi connectivity index (χ2v) is 4.71. The average Bonchev–Trinajstić information content (AvgIpc) is 2.15. The maximum Gasteiger partial charge on any atom is 0.340 e. The molecule has 90 valence electrons. The van der Waals surface area contributed by atoms with Crippen molar-refractivity contribution in [1.29, 1.82) is 5.26 Å². The highest BCUT2D eigenvalue weighted by atomic mass is 32.2. The lowest BCUT2D eigenvalue weighted by Gasteiger charge is -2.08. The molecule has 1 rings (SSSR count). The van der Waals surface area contributed by atoms with Crippen molar-refractivity contribution in [2.75, 3.05) is 10.5 Å². The minimum absolute atomic E-state index is 0.409. The van der Waals surface area contributed by atoms with E-state index in [0.717, 1.165) is 18.2 Å². The van der Waals surface area contributed by atoms with Crippen molar-refractivity contribution in [2.24, 2.45) is 0 Å². The minimum atomic E-state index is -4.00. The number of nitrogens with zero attached hydrogens (tertiary/aromatic N) is 1. The van der Waals surface area contributed by atoms with Crippen molar-refractivity contribution in [3.8, 4) is 6.07 Å². The number of aromatic carboxylic acids is 1. The molecule has 8 heteroatoms. The highest BCUT2D eigenvalue weighted by Crippen LogP contribution is 2.20. The van der Waals surface area contributed by atoms with E-state index >= 15 is 0 Å². The number of rotatable bonds is 4. The first-order valence-electron chi connectivity index (χ1n) is 4.26. The van der Waals surface area contributed by atoms with Crippen molar-refractivity contribution in [3.63, 3.8) is 0 Å². The molecule has 6 nitrogen and oxygen atoms in total. The van der Waals surface area contributed by atoms with Crippen LogP contribution in [-0.4, -0.2) is 25.2 Å². The molecule has 1 aromatic carbocycles. The molecule has 0 aliphatic heterocycles. The molecule has 0 atom stereocenters. The number of hydrogen-bond donors (Lipinski definition) is 2. The summed E-state index contributed by atoms with van der Waals surface area (Å²) in [6.45, 7) is 0. The van der Waals surface area contributed by atoms with E-state index in [-0.39, 0.29) is 0 Å². The van der Waals surface area contributed by atoms with E-state index in [1.165, 1.54) is 6.07 Å². The Morgan fingerprint density at radius 1 is 1.53 bits per heavy atom. The van der Waals surface area contributed by atoms with E-state index in [1.54, 1.807) is 0 Å². The fourth-order valence-corrected chi connectivity index (χ4v) is 1.86. The van der Waals surface area contributed by atoms with Crippen molar-refractivity contribution in [1.82, 2.24) is 0 Å². The normalized spacial score (nSPS) is 10.6. The van der Waals surface area contributed by atoms with Crippen LogP contribution in [0.1, 0.15) is 10.4 Å². The van der Waals surface area contributed by atoms with Gasteiger partial charge in [0.15, 0.2) is 5.75 Å². The molecule has 0 unspecified atom stereocenters. The van der Waals surface area contributed by atoms with Crippen LogP contribution in [0.15, 0.2) is 18.2 Å². The van der Waals surface area contributed by atoms with Crippen LogP contribution in [0.5, 0.6) is 0 Å². The molecule has 0 amide bonds. The molecule has 1 aromatic rings. The van der Waals surface area contributed by atoms with Crippen molar-refractivity contribution >= 4 is 21.7 Å². The highest BCUT2D eigenvalue weighted by Gasteiger charge is 2.19. The Morgan fingerprint density at radius 2 is 2.18 bits per heavy atom. The largest absolute Gasteiger partial charge is 0.478 e. The second-order valence-electron chi connectivity index (χ2n) is 2.99. The van der Waals surface area contributed by atoms with Crippen LogP contribution < -0.4 is 4.72 Å². The van der Waals surface area contributed by atoms with Gasteiger partial charge in [-0.15, -0.1) is 0 Å². The molecule has 0 fully saturated rings. The number of hydrogen-bond acceptors (Lipinski definition) is 4. The summed E-state index contributed by atoms with van der Waals surface area (Å²) in [4.78, 5) is 10.7. The molecule has 2 N–H and O–H groups in total. The van der Waals surface area contributed by atoms with Crippen LogP contribution >= 0.6 is 0 Å². The zero-order valence-electron chi connectivity index (χ0n) is 8.34. The van der Waals surface area contributed by atoms with Gasteiger partial charge in [-0.2, -0.15) is 5.26 Å². The molecule has 0 aromatic heterocycles. The number of nitriles is 1. The van der Waals surface area contributed by atoms with Gasteiger partial charge in [0.2, 0.25) is 10.0 Å². The molecular weight excluding hydrogens is 251 g/mol. The Bertz CT molecular complexity index is 592. The van der Waals surface area contributed by atoms with Crippen LogP contribution in [-0.2, 0) is 10.0 Å². The summed E-state index contributed by atoms with van der Waals surface area (Å²) in [6.07, 6.45) is 0. The zero-order chi connectivity index (χ0) is 13.1. The molecule has 0 bridgehead atoms. The predicted octanol–water partition coefficient (Wildman–Crippen LogP) is 0.789. The van der Waals surface area contributed by atoms with E-state index < -0.39 is 38.8 Å². The monoisotopic (exact) mass is 258 g/mol. The molecule has 0 radical (unpaired) electrons. The molecule has 17 heavy (non-hydrogen) atoms. The summed E-state index contributed by atoms with van der Waals surface area (Å²) in [5.41, 5.74) is -1.19. The van der Waals surface area contributed by atoms with Crippen LogP contribution in [0.3, 0.4) is 0 Å². The quantitative estimate of drug-likeness (QED) is 0.830. The van der Waals surface area contributed by atoms with Gasteiger partial charge < -0.3 is 5.11 Å². The molecular formula is C9H7FN2O4S. The van der Waals surface area contributed by atoms with Gasteiger partial charge in [-0.25, -0.2) is 17.6 Å². The number of halogens is 1. The van der Waals surface area contributed by atoms with Gasteiger partial charge in [-0.05, 0) is 12.1 Å². The summed E-state index contributed by atoms with van der Waals surface area (Å²) in [5, 5.41) is 17.0. The van der Waals surface area contributed by atoms with Crippen LogP contribution in [0, 0.1) is 17.1 Å². The summed E-state index contributed by atoms with van der Waals surface area (Å²) in [7, 11) is -4.00. The van der Waals surface area contributed by atoms with Crippen molar-refractivity contribution < 1.29 is 22.7 Å². The number of sulfonamides is 1. The lowest BCUT2D eigenvalue weighted by Crippen LogP contribution is -2.18. The maximum atomic E-state index is 13.2. The molecule has 0 spiro atoms. The molecule has 0 aliphatic rings. The lowest BCUT2D eigenvalue weighted by atomic mass is 10.2. The Balaban J connectivity index is 3.21. The van der Waals surface area contributed by atoms with Gasteiger partial charge in [-0.1, -0.05) is 6.07 Å². The number of benzene rings is 1. The maximum absolute atomic E-state index is 13.2. The van der Waals surface area contributed by atoms with Crippen LogP contribution in [0.2, 0.25) is 0 Å². The zero-order valence-corrected chi connectivity index (χ0v) is 9.16. The van der Waals surface area contributed by atoms with Gasteiger partial charge in [0, 0.05) is 0 Å². The fourth-order valence-electron chi connectivity index (χ4n) is 1.12. The predicted molar refractivity (Wildman–Crippen MR) is 56.4 cm³/mol. The van der Waals surface area contributed by atoms with Gasteiger partial charge >= 0.3 is 5.97 Å². The summed E-state index contributed by atoms with van der Waals surface area (Å²) in [6, 6.07) is 4.55. The van der Waals surface area contributed by atoms with Crippen LogP contribution in [0.4, 0.5) is 10.1 Å². The Labute approximate surface area is 96.4 Å². The molecule has 0 heterocycles. The lowest BCUT2D eigenvalue weighted by molar-refractivity contribution is 0.0693. The third-order valence-corrected chi connectivity index (χ3v) is 2.79. The van der Waals surface area contributed by atoms with Crippen LogP contribution in [0.25, 0.3) is 0 Å². The Morgan fingerprint density at radius 3 is 2.71 bits per heavy atom. The van der Waals surface area contributed by atoms with E-state index in [4.69, 9.17) is 10.4 Å². The van der Waals surface area contributed by atoms with Gasteiger partial charge in [-0.3, -0.25) is 4.72 Å². The first-order valence-corrected chi connectivity index (χ1v) is 5.92. The summed E-state index contributed by atoms with van der Waals surface area (Å²) < 4.78 is 37.5. The first kappa shape index (κ1) is 12.9. The Hall–Kier alpha value is -2.14. The highest BCUT2D eigenvalue weighted by molar-refractivity contribution is 7.92. The second kappa shape index (κ2) is 4.80. The standard InChI is InChI=1S/C9H7FN2O4S/c10-6-2-1-3-7(8(6)9(13)14)12-17(15,16)5-4-11/h1-3,12H,5H2,(H,13,14). The SMILES string of the molecule is N#CCS(=O)(=O)Nc1cccc(F)c1C(=O)O. The number of anilines is 1. The molecule has 0 saturated carbocycles. The smallest absolute Gasteiger partial charge is 0.340 e. The minimum Gasteiger partial charge on any atom is -0.478 e. The molecule has 0 aliphatic carbocycles.